The molecule has 4 rings (SSSR count). The molecule has 0 bridgehead atoms. The zero-order chi connectivity index (χ0) is 26.4. The molecule has 0 aromatic carbocycles. The van der Waals surface area contributed by atoms with Gasteiger partial charge in [0.2, 0.25) is 0 Å². The normalized spacial score (nSPS) is 42.4. The Kier molecular flexibility index (Phi) is 7.60. The Balaban J connectivity index is 1.62. The highest BCUT2D eigenvalue weighted by Crippen LogP contribution is 2.67. The highest BCUT2D eigenvalue weighted by Gasteiger charge is 2.66. The van der Waals surface area contributed by atoms with Gasteiger partial charge < -0.3 is 14.2 Å². The van der Waals surface area contributed by atoms with Crippen LogP contribution in [-0.2, 0) is 33.4 Å². The largest absolute Gasteiger partial charge is 0.469 e. The molecular formula is C29H44O7. The molecule has 4 aliphatic carbocycles. The molecule has 7 heteroatoms. The van der Waals surface area contributed by atoms with Crippen LogP contribution in [0.25, 0.3) is 0 Å². The Morgan fingerprint density at radius 1 is 1.00 bits per heavy atom. The van der Waals surface area contributed by atoms with E-state index in [4.69, 9.17) is 14.2 Å². The molecule has 7 nitrogen and oxygen atoms in total. The maximum absolute atomic E-state index is 14.0. The molecule has 0 spiro atoms. The van der Waals surface area contributed by atoms with Crippen LogP contribution in [0.1, 0.15) is 92.4 Å². The Bertz CT molecular complexity index is 898. The van der Waals surface area contributed by atoms with Crippen molar-refractivity contribution in [2.24, 2.45) is 46.3 Å². The number of ether oxygens (including phenoxy) is 3. The standard InChI is InChI=1S/C29H44O7/c1-16(7-10-26(33)34-6)21-8-9-22-27-23(15-25(32)29(21,22)5)28(4)12-11-20(35-17(2)30)13-19(28)14-24(27)36-18(3)31/h16,19-24,27H,7-15H2,1-6H3/t16-,19-,20-,21+,22-,23+,24-,27-,28+,29-/m1/s1. The molecule has 4 fully saturated rings. The molecule has 4 saturated carbocycles. The Morgan fingerprint density at radius 2 is 1.69 bits per heavy atom. The molecule has 0 unspecified atom stereocenters. The molecule has 4 aliphatic rings. The smallest absolute Gasteiger partial charge is 0.305 e. The summed E-state index contributed by atoms with van der Waals surface area (Å²) in [5.41, 5.74) is -0.503. The SMILES string of the molecule is COC(=O)CC[C@@H](C)[C@@H]1CC[C@@H]2[C@H]3[C@H](OC(C)=O)C[C@H]4C[C@H](OC(C)=O)CC[C@]4(C)[C@H]3CC(=O)[C@@]21C. The number of carbonyl (C=O) groups excluding carboxylic acids is 4. The molecule has 0 N–H and O–H groups in total. The van der Waals surface area contributed by atoms with Gasteiger partial charge in [-0.05, 0) is 80.0 Å². The number of fused-ring (bicyclic) bond motifs is 5. The van der Waals surface area contributed by atoms with Gasteiger partial charge in [-0.25, -0.2) is 0 Å². The van der Waals surface area contributed by atoms with Crippen LogP contribution in [0, 0.1) is 46.3 Å². The fraction of sp³-hybridized carbons (Fsp3) is 0.862. The van der Waals surface area contributed by atoms with Gasteiger partial charge in [0, 0.05) is 38.0 Å². The van der Waals surface area contributed by atoms with E-state index in [-0.39, 0.29) is 71.0 Å². The van der Waals surface area contributed by atoms with Gasteiger partial charge in [0.15, 0.2) is 0 Å². The van der Waals surface area contributed by atoms with Crippen LogP contribution >= 0.6 is 0 Å². The van der Waals surface area contributed by atoms with Crippen molar-refractivity contribution in [1.82, 2.24) is 0 Å². The third-order valence-electron chi connectivity index (χ3n) is 10.9. The molecule has 0 heterocycles. The lowest BCUT2D eigenvalue weighted by Crippen LogP contribution is -2.62. The van der Waals surface area contributed by atoms with E-state index in [1.807, 2.05) is 0 Å². The molecule has 202 valence electrons. The van der Waals surface area contributed by atoms with E-state index in [1.54, 1.807) is 0 Å². The van der Waals surface area contributed by atoms with Gasteiger partial charge in [0.05, 0.1) is 7.11 Å². The Morgan fingerprint density at radius 3 is 2.33 bits per heavy atom. The predicted molar refractivity (Wildman–Crippen MR) is 133 cm³/mol. The third-order valence-corrected chi connectivity index (χ3v) is 10.9. The molecular weight excluding hydrogens is 460 g/mol. The quantitative estimate of drug-likeness (QED) is 0.375. The van der Waals surface area contributed by atoms with Crippen molar-refractivity contribution < 1.29 is 33.4 Å². The lowest BCUT2D eigenvalue weighted by molar-refractivity contribution is -0.196. The number of carbonyl (C=O) groups is 4. The van der Waals surface area contributed by atoms with Crippen LogP contribution in [0.4, 0.5) is 0 Å². The van der Waals surface area contributed by atoms with Crippen LogP contribution in [-0.4, -0.2) is 43.0 Å². The van der Waals surface area contributed by atoms with Crippen molar-refractivity contribution in [2.75, 3.05) is 7.11 Å². The maximum Gasteiger partial charge on any atom is 0.305 e. The maximum atomic E-state index is 14.0. The summed E-state index contributed by atoms with van der Waals surface area (Å²) in [6.45, 7) is 9.57. The Hall–Kier alpha value is -1.92. The van der Waals surface area contributed by atoms with Crippen molar-refractivity contribution >= 4 is 23.7 Å². The van der Waals surface area contributed by atoms with E-state index < -0.39 is 5.41 Å². The fourth-order valence-electron chi connectivity index (χ4n) is 9.14. The van der Waals surface area contributed by atoms with Crippen molar-refractivity contribution in [3.8, 4) is 0 Å². The molecule has 10 atom stereocenters. The minimum absolute atomic E-state index is 0.0382. The predicted octanol–water partition coefficient (Wildman–Crippen LogP) is 4.89. The number of hydrogen-bond acceptors (Lipinski definition) is 7. The first-order chi connectivity index (χ1) is 16.9. The van der Waals surface area contributed by atoms with E-state index in [1.165, 1.54) is 21.0 Å². The average molecular weight is 505 g/mol. The summed E-state index contributed by atoms with van der Waals surface area (Å²) in [7, 11) is 1.41. The fourth-order valence-corrected chi connectivity index (χ4v) is 9.14. The first-order valence-corrected chi connectivity index (χ1v) is 13.9. The molecule has 0 saturated heterocycles. The van der Waals surface area contributed by atoms with E-state index in [2.05, 4.69) is 20.8 Å². The van der Waals surface area contributed by atoms with Gasteiger partial charge in [0.1, 0.15) is 18.0 Å². The van der Waals surface area contributed by atoms with Gasteiger partial charge >= 0.3 is 17.9 Å². The molecule has 0 aromatic rings. The lowest BCUT2D eigenvalue weighted by Gasteiger charge is -2.62. The number of Topliss-reactive ketones (excluding diaryl/α,β-unsaturated/α-hetero) is 1. The highest BCUT2D eigenvalue weighted by atomic mass is 16.5. The summed E-state index contributed by atoms with van der Waals surface area (Å²) < 4.78 is 16.5. The van der Waals surface area contributed by atoms with E-state index in [9.17, 15) is 19.2 Å². The number of esters is 3. The molecule has 0 aliphatic heterocycles. The van der Waals surface area contributed by atoms with Crippen molar-refractivity contribution in [1.29, 1.82) is 0 Å². The Labute approximate surface area is 215 Å². The van der Waals surface area contributed by atoms with E-state index in [0.717, 1.165) is 38.5 Å². The number of hydrogen-bond donors (Lipinski definition) is 0. The van der Waals surface area contributed by atoms with Crippen LogP contribution in [0.15, 0.2) is 0 Å². The third kappa shape index (κ3) is 4.60. The average Bonchev–Trinajstić information content (AvgIpc) is 3.16. The number of ketones is 1. The van der Waals surface area contributed by atoms with Gasteiger partial charge in [-0.3, -0.25) is 19.2 Å². The van der Waals surface area contributed by atoms with Gasteiger partial charge in [-0.2, -0.15) is 0 Å². The first kappa shape index (κ1) is 27.1. The summed E-state index contributed by atoms with van der Waals surface area (Å²) in [6, 6.07) is 0. The second-order valence-electron chi connectivity index (χ2n) is 12.6. The van der Waals surface area contributed by atoms with Crippen LogP contribution in [0.5, 0.6) is 0 Å². The summed E-state index contributed by atoms with van der Waals surface area (Å²) in [6.07, 6.45) is 6.44. The minimum Gasteiger partial charge on any atom is -0.469 e. The zero-order valence-corrected chi connectivity index (χ0v) is 22.8. The summed E-state index contributed by atoms with van der Waals surface area (Å²) in [5.74, 6) is 0.785. The van der Waals surface area contributed by atoms with Crippen molar-refractivity contribution in [3.05, 3.63) is 0 Å². The van der Waals surface area contributed by atoms with E-state index in [0.29, 0.717) is 25.0 Å². The van der Waals surface area contributed by atoms with Crippen molar-refractivity contribution in [2.45, 2.75) is 105 Å². The second kappa shape index (κ2) is 10.1. The first-order valence-electron chi connectivity index (χ1n) is 13.9. The van der Waals surface area contributed by atoms with Crippen molar-refractivity contribution in [3.63, 3.8) is 0 Å². The van der Waals surface area contributed by atoms with Gasteiger partial charge in [-0.1, -0.05) is 20.8 Å². The van der Waals surface area contributed by atoms with Gasteiger partial charge in [-0.15, -0.1) is 0 Å². The minimum atomic E-state index is -0.465. The van der Waals surface area contributed by atoms with Crippen LogP contribution in [0.2, 0.25) is 0 Å². The summed E-state index contributed by atoms with van der Waals surface area (Å²) >= 11 is 0. The topological polar surface area (TPSA) is 96.0 Å². The molecule has 0 aromatic heterocycles. The number of methoxy groups -OCH3 is 1. The highest BCUT2D eigenvalue weighted by molar-refractivity contribution is 5.87. The molecule has 36 heavy (non-hydrogen) atoms. The second-order valence-corrected chi connectivity index (χ2v) is 12.6. The lowest BCUT2D eigenvalue weighted by atomic mass is 9.43. The van der Waals surface area contributed by atoms with Crippen LogP contribution < -0.4 is 0 Å². The van der Waals surface area contributed by atoms with Crippen LogP contribution in [0.3, 0.4) is 0 Å². The number of rotatable bonds is 6. The summed E-state index contributed by atoms with van der Waals surface area (Å²) in [5, 5.41) is 0. The van der Waals surface area contributed by atoms with Gasteiger partial charge in [0.25, 0.3) is 0 Å². The monoisotopic (exact) mass is 504 g/mol. The van der Waals surface area contributed by atoms with E-state index >= 15 is 0 Å². The molecule has 0 radical (unpaired) electrons. The summed E-state index contributed by atoms with van der Waals surface area (Å²) in [4.78, 5) is 49.7. The zero-order valence-electron chi connectivity index (χ0n) is 22.8. The molecule has 0 amide bonds.